The number of carbonyl (C=O) groups is 1. The minimum atomic E-state index is -0.452. The van der Waals surface area contributed by atoms with Gasteiger partial charge in [0.05, 0.1) is 5.69 Å². The van der Waals surface area contributed by atoms with Gasteiger partial charge < -0.3 is 5.32 Å². The number of nitrogens with one attached hydrogen (secondary N) is 1. The maximum Gasteiger partial charge on any atom is 0.295 e. The molecule has 0 bridgehead atoms. The van der Waals surface area contributed by atoms with Crippen LogP contribution in [-0.2, 0) is 0 Å². The third kappa shape index (κ3) is 4.52. The van der Waals surface area contributed by atoms with Crippen molar-refractivity contribution in [3.8, 4) is 17.1 Å². The highest BCUT2D eigenvalue weighted by Crippen LogP contribution is 2.26. The Morgan fingerprint density at radius 1 is 1.03 bits per heavy atom. The minimum absolute atomic E-state index is 0.0129. The molecule has 0 unspecified atom stereocenters. The number of rotatable bonds is 4. The van der Waals surface area contributed by atoms with Gasteiger partial charge in [-0.3, -0.25) is 4.79 Å². The molecule has 0 aliphatic carbocycles. The molecule has 8 heteroatoms. The summed E-state index contributed by atoms with van der Waals surface area (Å²) in [5.74, 6) is -0.422. The van der Waals surface area contributed by atoms with Crippen LogP contribution in [0.3, 0.4) is 0 Å². The number of aryl methyl sites for hydroxylation is 2. The summed E-state index contributed by atoms with van der Waals surface area (Å²) in [6.45, 7) is 3.80. The molecule has 5 nitrogen and oxygen atoms in total. The fraction of sp³-hybridized carbons (Fsp3) is 0.0870. The van der Waals surface area contributed by atoms with Gasteiger partial charge in [0.15, 0.2) is 5.82 Å². The molecular weight excluding hydrogens is 483 g/mol. The quantitative estimate of drug-likeness (QED) is 0.355. The van der Waals surface area contributed by atoms with Crippen molar-refractivity contribution in [3.63, 3.8) is 0 Å². The van der Waals surface area contributed by atoms with E-state index in [1.54, 1.807) is 35.0 Å². The van der Waals surface area contributed by atoms with Crippen LogP contribution in [0.25, 0.3) is 17.1 Å². The monoisotopic (exact) mass is 498 g/mol. The van der Waals surface area contributed by atoms with E-state index in [1.165, 1.54) is 12.1 Å². The lowest BCUT2D eigenvalue weighted by Gasteiger charge is -2.09. The van der Waals surface area contributed by atoms with Crippen LogP contribution in [-0.4, -0.2) is 20.7 Å². The molecule has 1 N–H and O–H groups in total. The fourth-order valence-corrected chi connectivity index (χ4v) is 3.76. The Kier molecular flexibility index (Phi) is 5.89. The van der Waals surface area contributed by atoms with E-state index in [0.29, 0.717) is 27.8 Å². The lowest BCUT2D eigenvalue weighted by Crippen LogP contribution is -2.15. The zero-order valence-electron chi connectivity index (χ0n) is 16.7. The van der Waals surface area contributed by atoms with E-state index in [1.807, 2.05) is 32.0 Å². The molecule has 1 heterocycles. The summed E-state index contributed by atoms with van der Waals surface area (Å²) >= 11 is 9.61. The van der Waals surface area contributed by atoms with Crippen LogP contribution in [0.15, 0.2) is 65.1 Å². The minimum Gasteiger partial charge on any atom is -0.319 e. The van der Waals surface area contributed by atoms with Crippen molar-refractivity contribution in [1.82, 2.24) is 14.8 Å². The number of carbonyl (C=O) groups excluding carboxylic acids is 1. The first kappa shape index (κ1) is 21.2. The predicted molar refractivity (Wildman–Crippen MR) is 123 cm³/mol. The Bertz CT molecular complexity index is 1290. The Morgan fingerprint density at radius 3 is 2.48 bits per heavy atom. The second kappa shape index (κ2) is 8.61. The highest BCUT2D eigenvalue weighted by atomic mass is 79.9. The van der Waals surface area contributed by atoms with Crippen LogP contribution in [0.1, 0.15) is 21.7 Å². The Hall–Kier alpha value is -3.03. The second-order valence-corrected chi connectivity index (χ2v) is 8.37. The molecule has 31 heavy (non-hydrogen) atoms. The summed E-state index contributed by atoms with van der Waals surface area (Å²) < 4.78 is 15.9. The number of amides is 1. The molecule has 4 aromatic rings. The van der Waals surface area contributed by atoms with Crippen LogP contribution in [0.4, 0.5) is 10.1 Å². The van der Waals surface area contributed by atoms with Crippen molar-refractivity contribution >= 4 is 39.1 Å². The first-order chi connectivity index (χ1) is 14.8. The number of hydrogen-bond donors (Lipinski definition) is 1. The summed E-state index contributed by atoms with van der Waals surface area (Å²) in [5, 5.41) is 7.83. The third-order valence-corrected chi connectivity index (χ3v) is 5.48. The molecule has 0 saturated carbocycles. The van der Waals surface area contributed by atoms with Gasteiger partial charge in [0.2, 0.25) is 5.82 Å². The number of aromatic nitrogens is 3. The standard InChI is InChI=1S/C23H17BrClFN4O/c1-13-3-7-17(25)12-20(13)30-22(15-4-8-18(26)9-5-15)28-21(29-30)23(31)27-19-10-6-16(24)11-14(19)2/h3-12H,1-2H3,(H,27,31). The van der Waals surface area contributed by atoms with Gasteiger partial charge in [-0.1, -0.05) is 33.6 Å². The lowest BCUT2D eigenvalue weighted by molar-refractivity contribution is 0.101. The second-order valence-electron chi connectivity index (χ2n) is 7.02. The van der Waals surface area contributed by atoms with Gasteiger partial charge in [-0.25, -0.2) is 14.1 Å². The van der Waals surface area contributed by atoms with Gasteiger partial charge >= 0.3 is 0 Å². The molecule has 1 amide bonds. The normalized spacial score (nSPS) is 10.9. The lowest BCUT2D eigenvalue weighted by atomic mass is 10.1. The number of benzene rings is 3. The molecule has 3 aromatic carbocycles. The first-order valence-corrected chi connectivity index (χ1v) is 10.6. The molecule has 0 fully saturated rings. The van der Waals surface area contributed by atoms with E-state index in [2.05, 4.69) is 31.3 Å². The highest BCUT2D eigenvalue weighted by Gasteiger charge is 2.20. The van der Waals surface area contributed by atoms with Gasteiger partial charge in [-0.2, -0.15) is 0 Å². The highest BCUT2D eigenvalue weighted by molar-refractivity contribution is 9.10. The van der Waals surface area contributed by atoms with Crippen LogP contribution in [0.5, 0.6) is 0 Å². The summed E-state index contributed by atoms with van der Waals surface area (Å²) in [7, 11) is 0. The largest absolute Gasteiger partial charge is 0.319 e. The van der Waals surface area contributed by atoms with Crippen molar-refractivity contribution < 1.29 is 9.18 Å². The summed E-state index contributed by atoms with van der Waals surface area (Å²) in [6, 6.07) is 16.8. The van der Waals surface area contributed by atoms with Crippen LogP contribution in [0, 0.1) is 19.7 Å². The fourth-order valence-electron chi connectivity index (χ4n) is 3.12. The average Bonchev–Trinajstić information content (AvgIpc) is 3.18. The van der Waals surface area contributed by atoms with E-state index in [-0.39, 0.29) is 11.6 Å². The molecule has 156 valence electrons. The zero-order chi connectivity index (χ0) is 22.1. The summed E-state index contributed by atoms with van der Waals surface area (Å²) in [5.41, 5.74) is 3.75. The molecule has 0 atom stereocenters. The van der Waals surface area contributed by atoms with Crippen LogP contribution >= 0.6 is 27.5 Å². The summed E-state index contributed by atoms with van der Waals surface area (Å²) in [6.07, 6.45) is 0. The number of hydrogen-bond acceptors (Lipinski definition) is 3. The smallest absolute Gasteiger partial charge is 0.295 e. The third-order valence-electron chi connectivity index (χ3n) is 4.75. The molecule has 0 saturated heterocycles. The van der Waals surface area contributed by atoms with E-state index in [9.17, 15) is 9.18 Å². The van der Waals surface area contributed by atoms with Gasteiger partial charge in [0.1, 0.15) is 5.82 Å². The maximum absolute atomic E-state index is 13.5. The number of anilines is 1. The molecule has 4 rings (SSSR count). The van der Waals surface area contributed by atoms with Gasteiger partial charge in [0.25, 0.3) is 5.91 Å². The topological polar surface area (TPSA) is 59.8 Å². The zero-order valence-corrected chi connectivity index (χ0v) is 19.0. The molecule has 0 aliphatic heterocycles. The van der Waals surface area contributed by atoms with Gasteiger partial charge in [0, 0.05) is 20.7 Å². The molecule has 0 radical (unpaired) electrons. The van der Waals surface area contributed by atoms with E-state index in [4.69, 9.17) is 11.6 Å². The van der Waals surface area contributed by atoms with Gasteiger partial charge in [-0.15, -0.1) is 5.10 Å². The SMILES string of the molecule is Cc1cc(Br)ccc1NC(=O)c1nc(-c2ccc(F)cc2)n(-c2cc(Cl)ccc2C)n1. The Morgan fingerprint density at radius 2 is 1.77 bits per heavy atom. The van der Waals surface area contributed by atoms with Crippen molar-refractivity contribution in [2.75, 3.05) is 5.32 Å². The predicted octanol–water partition coefficient (Wildman–Crippen LogP) is 6.36. The van der Waals surface area contributed by atoms with Gasteiger partial charge in [-0.05, 0) is 79.6 Å². The maximum atomic E-state index is 13.5. The Labute approximate surface area is 192 Å². The first-order valence-electron chi connectivity index (χ1n) is 9.39. The average molecular weight is 500 g/mol. The number of nitrogens with zero attached hydrogens (tertiary/aromatic N) is 3. The van der Waals surface area contributed by atoms with E-state index in [0.717, 1.165) is 15.6 Å². The summed E-state index contributed by atoms with van der Waals surface area (Å²) in [4.78, 5) is 17.4. The molecule has 0 aliphatic rings. The Balaban J connectivity index is 1.80. The molecule has 0 spiro atoms. The van der Waals surface area contributed by atoms with Crippen LogP contribution < -0.4 is 5.32 Å². The number of halogens is 3. The van der Waals surface area contributed by atoms with E-state index < -0.39 is 5.91 Å². The van der Waals surface area contributed by atoms with Crippen molar-refractivity contribution in [2.24, 2.45) is 0 Å². The van der Waals surface area contributed by atoms with Crippen LogP contribution in [0.2, 0.25) is 5.02 Å². The molecular formula is C23H17BrClFN4O. The molecule has 1 aromatic heterocycles. The van der Waals surface area contributed by atoms with E-state index >= 15 is 0 Å². The van der Waals surface area contributed by atoms with Crippen molar-refractivity contribution in [2.45, 2.75) is 13.8 Å². The van der Waals surface area contributed by atoms with Crippen molar-refractivity contribution in [1.29, 1.82) is 0 Å². The van der Waals surface area contributed by atoms with Crippen molar-refractivity contribution in [3.05, 3.63) is 92.9 Å².